The largest absolute Gasteiger partial charge is 0.418 e. The lowest BCUT2D eigenvalue weighted by Crippen LogP contribution is -2.22. The highest BCUT2D eigenvalue weighted by molar-refractivity contribution is 6.01. The molecule has 0 aliphatic rings. The Morgan fingerprint density at radius 1 is 1.00 bits per heavy atom. The van der Waals surface area contributed by atoms with E-state index < -0.39 is 11.7 Å². The van der Waals surface area contributed by atoms with Crippen molar-refractivity contribution in [2.45, 2.75) is 6.18 Å². The molecule has 0 saturated heterocycles. The Labute approximate surface area is 113 Å². The molecule has 7 heteroatoms. The Hall–Kier alpha value is -2.57. The first-order chi connectivity index (χ1) is 9.47. The van der Waals surface area contributed by atoms with E-state index in [-0.39, 0.29) is 11.6 Å². The van der Waals surface area contributed by atoms with Gasteiger partial charge in [0.2, 0.25) is 0 Å². The van der Waals surface area contributed by atoms with Gasteiger partial charge in [0.15, 0.2) is 5.96 Å². The normalized spacial score (nSPS) is 10.9. The molecule has 1 aromatic heterocycles. The van der Waals surface area contributed by atoms with Crippen LogP contribution in [-0.2, 0) is 6.18 Å². The predicted octanol–water partition coefficient (Wildman–Crippen LogP) is 3.56. The third-order valence-corrected chi connectivity index (χ3v) is 2.44. The highest BCUT2D eigenvalue weighted by Gasteiger charge is 2.33. The number of halogens is 3. The first-order valence-electron chi connectivity index (χ1n) is 5.65. The van der Waals surface area contributed by atoms with Gasteiger partial charge in [-0.1, -0.05) is 12.1 Å². The topological polar surface area (TPSA) is 60.8 Å². The Balaban J connectivity index is 2.13. The summed E-state index contributed by atoms with van der Waals surface area (Å²) in [6.07, 6.45) is -1.45. The van der Waals surface area contributed by atoms with E-state index in [2.05, 4.69) is 15.6 Å². The summed E-state index contributed by atoms with van der Waals surface area (Å²) in [6, 6.07) is 8.20. The number of nitrogens with one attached hydrogen (secondary N) is 3. The zero-order valence-corrected chi connectivity index (χ0v) is 10.2. The molecule has 20 heavy (non-hydrogen) atoms. The van der Waals surface area contributed by atoms with Gasteiger partial charge in [-0.05, 0) is 24.3 Å². The Morgan fingerprint density at radius 2 is 1.65 bits per heavy atom. The van der Waals surface area contributed by atoms with Crippen LogP contribution >= 0.6 is 0 Å². The second-order valence-corrected chi connectivity index (χ2v) is 3.90. The summed E-state index contributed by atoms with van der Waals surface area (Å²) in [6.45, 7) is 0. The van der Waals surface area contributed by atoms with Crippen LogP contribution in [0, 0.1) is 5.41 Å². The maximum Gasteiger partial charge on any atom is 0.418 e. The quantitative estimate of drug-likeness (QED) is 0.582. The van der Waals surface area contributed by atoms with E-state index >= 15 is 0 Å². The van der Waals surface area contributed by atoms with Crippen molar-refractivity contribution in [3.05, 3.63) is 54.4 Å². The fraction of sp³-hybridized carbons (Fsp3) is 0.0769. The second kappa shape index (κ2) is 5.60. The highest BCUT2D eigenvalue weighted by atomic mass is 19.4. The van der Waals surface area contributed by atoms with Crippen LogP contribution in [0.1, 0.15) is 5.56 Å². The molecule has 2 rings (SSSR count). The van der Waals surface area contributed by atoms with E-state index in [9.17, 15) is 13.2 Å². The van der Waals surface area contributed by atoms with Gasteiger partial charge in [0, 0.05) is 18.1 Å². The van der Waals surface area contributed by atoms with Crippen LogP contribution in [0.4, 0.5) is 24.5 Å². The van der Waals surface area contributed by atoms with Crippen LogP contribution in [0.5, 0.6) is 0 Å². The predicted molar refractivity (Wildman–Crippen MR) is 70.7 cm³/mol. The first kappa shape index (κ1) is 13.9. The van der Waals surface area contributed by atoms with Crippen LogP contribution in [0.25, 0.3) is 0 Å². The summed E-state index contributed by atoms with van der Waals surface area (Å²) >= 11 is 0. The maximum atomic E-state index is 12.8. The number of hydrogen-bond acceptors (Lipinski definition) is 2. The van der Waals surface area contributed by atoms with Gasteiger partial charge in [0.05, 0.1) is 11.3 Å². The average Bonchev–Trinajstić information content (AvgIpc) is 2.39. The molecule has 104 valence electrons. The van der Waals surface area contributed by atoms with Gasteiger partial charge in [-0.3, -0.25) is 10.4 Å². The van der Waals surface area contributed by atoms with Crippen LogP contribution in [0.2, 0.25) is 0 Å². The van der Waals surface area contributed by atoms with E-state index in [1.807, 2.05) is 0 Å². The zero-order valence-electron chi connectivity index (χ0n) is 10.2. The van der Waals surface area contributed by atoms with Gasteiger partial charge in [0.25, 0.3) is 0 Å². The van der Waals surface area contributed by atoms with Crippen molar-refractivity contribution < 1.29 is 13.2 Å². The second-order valence-electron chi connectivity index (χ2n) is 3.90. The number of benzene rings is 1. The third-order valence-electron chi connectivity index (χ3n) is 2.44. The molecule has 2 aromatic rings. The minimum atomic E-state index is -4.47. The third kappa shape index (κ3) is 3.47. The molecule has 0 unspecified atom stereocenters. The molecule has 0 atom stereocenters. The van der Waals surface area contributed by atoms with E-state index in [0.717, 1.165) is 6.07 Å². The van der Waals surface area contributed by atoms with Crippen LogP contribution in [0.3, 0.4) is 0 Å². The van der Waals surface area contributed by atoms with E-state index in [1.165, 1.54) is 30.6 Å². The van der Waals surface area contributed by atoms with Crippen molar-refractivity contribution in [2.24, 2.45) is 0 Å². The summed E-state index contributed by atoms with van der Waals surface area (Å²) in [4.78, 5) is 3.80. The van der Waals surface area contributed by atoms with Crippen LogP contribution in [-0.4, -0.2) is 10.9 Å². The fourth-order valence-corrected chi connectivity index (χ4v) is 1.58. The molecule has 0 aliphatic carbocycles. The SMILES string of the molecule is N=C(Nc1ccncc1)Nc1ccccc1C(F)(F)F. The van der Waals surface area contributed by atoms with Crippen molar-refractivity contribution in [1.29, 1.82) is 5.41 Å². The van der Waals surface area contributed by atoms with Crippen molar-refractivity contribution in [2.75, 3.05) is 10.6 Å². The summed E-state index contributed by atoms with van der Waals surface area (Å²) in [5.41, 5.74) is -0.435. The molecule has 1 aromatic carbocycles. The molecule has 1 heterocycles. The van der Waals surface area contributed by atoms with Crippen LogP contribution in [0.15, 0.2) is 48.8 Å². The van der Waals surface area contributed by atoms with Crippen LogP contribution < -0.4 is 10.6 Å². The molecule has 3 N–H and O–H groups in total. The number of para-hydroxylation sites is 1. The molecule has 0 saturated carbocycles. The maximum absolute atomic E-state index is 12.8. The summed E-state index contributed by atoms with van der Waals surface area (Å²) in [5, 5.41) is 12.7. The Kier molecular flexibility index (Phi) is 3.88. The van der Waals surface area contributed by atoms with Crippen molar-refractivity contribution in [3.63, 3.8) is 0 Å². The zero-order chi connectivity index (χ0) is 14.6. The lowest BCUT2D eigenvalue weighted by Gasteiger charge is -2.15. The van der Waals surface area contributed by atoms with Gasteiger partial charge < -0.3 is 10.6 Å². The molecule has 0 amide bonds. The lowest BCUT2D eigenvalue weighted by atomic mass is 10.1. The molecule has 0 bridgehead atoms. The highest BCUT2D eigenvalue weighted by Crippen LogP contribution is 2.34. The molecular weight excluding hydrogens is 269 g/mol. The summed E-state index contributed by atoms with van der Waals surface area (Å²) in [7, 11) is 0. The number of guanidine groups is 1. The number of rotatable bonds is 2. The van der Waals surface area contributed by atoms with Gasteiger partial charge in [0.1, 0.15) is 0 Å². The number of hydrogen-bond donors (Lipinski definition) is 3. The average molecular weight is 280 g/mol. The molecule has 0 spiro atoms. The van der Waals surface area contributed by atoms with E-state index in [0.29, 0.717) is 5.69 Å². The minimum absolute atomic E-state index is 0.174. The van der Waals surface area contributed by atoms with Crippen molar-refractivity contribution in [3.8, 4) is 0 Å². The number of anilines is 2. The number of nitrogens with zero attached hydrogens (tertiary/aromatic N) is 1. The standard InChI is InChI=1S/C13H11F3N4/c14-13(15,16)10-3-1-2-4-11(10)20-12(17)19-9-5-7-18-8-6-9/h1-8H,(H3,17,18,19,20). The van der Waals surface area contributed by atoms with E-state index in [1.54, 1.807) is 12.1 Å². The Bertz CT molecular complexity index is 596. The van der Waals surface area contributed by atoms with Gasteiger partial charge in [-0.15, -0.1) is 0 Å². The molecule has 0 radical (unpaired) electrons. The smallest absolute Gasteiger partial charge is 0.326 e. The lowest BCUT2D eigenvalue weighted by molar-refractivity contribution is -0.136. The molecular formula is C13H11F3N4. The van der Waals surface area contributed by atoms with E-state index in [4.69, 9.17) is 5.41 Å². The molecule has 4 nitrogen and oxygen atoms in total. The van der Waals surface area contributed by atoms with Gasteiger partial charge in [-0.25, -0.2) is 0 Å². The number of pyridine rings is 1. The van der Waals surface area contributed by atoms with Gasteiger partial charge in [-0.2, -0.15) is 13.2 Å². The Morgan fingerprint density at radius 3 is 2.30 bits per heavy atom. The minimum Gasteiger partial charge on any atom is -0.326 e. The summed E-state index contributed by atoms with van der Waals surface area (Å²) < 4.78 is 38.4. The molecule has 0 fully saturated rings. The first-order valence-corrected chi connectivity index (χ1v) is 5.65. The number of alkyl halides is 3. The fourth-order valence-electron chi connectivity index (χ4n) is 1.58. The monoisotopic (exact) mass is 280 g/mol. The summed E-state index contributed by atoms with van der Waals surface area (Å²) in [5.74, 6) is -0.257. The molecule has 0 aliphatic heterocycles. The number of aromatic nitrogens is 1. The van der Waals surface area contributed by atoms with Crippen molar-refractivity contribution >= 4 is 17.3 Å². The van der Waals surface area contributed by atoms with Crippen molar-refractivity contribution in [1.82, 2.24) is 4.98 Å². The van der Waals surface area contributed by atoms with Gasteiger partial charge >= 0.3 is 6.18 Å².